The first-order chi connectivity index (χ1) is 19.3. The Bertz CT molecular complexity index is 1450. The van der Waals surface area contributed by atoms with Gasteiger partial charge in [0.25, 0.3) is 0 Å². The second-order valence-electron chi connectivity index (χ2n) is 10.0. The highest BCUT2D eigenvalue weighted by molar-refractivity contribution is 6.34. The Kier molecular flexibility index (Phi) is 8.09. The van der Waals surface area contributed by atoms with E-state index in [4.69, 9.17) is 30.5 Å². The summed E-state index contributed by atoms with van der Waals surface area (Å²) in [5.41, 5.74) is -0.986. The zero-order valence-electron chi connectivity index (χ0n) is 22.1. The number of nitrogens with zero attached hydrogens (tertiary/aromatic N) is 1. The Morgan fingerprint density at radius 2 is 1.98 bits per heavy atom. The van der Waals surface area contributed by atoms with Crippen molar-refractivity contribution < 1.29 is 32.5 Å². The highest BCUT2D eigenvalue weighted by atomic mass is 35.5. The van der Waals surface area contributed by atoms with Crippen LogP contribution in [0, 0.1) is 23.0 Å². The minimum absolute atomic E-state index is 0.0128. The van der Waals surface area contributed by atoms with Gasteiger partial charge in [0.05, 0.1) is 22.8 Å². The second-order valence-corrected chi connectivity index (χ2v) is 10.4. The van der Waals surface area contributed by atoms with Gasteiger partial charge in [0, 0.05) is 40.8 Å². The van der Waals surface area contributed by atoms with Crippen molar-refractivity contribution in [2.24, 2.45) is 0 Å². The number of benzene rings is 3. The monoisotopic (exact) mass is 567 g/mol. The third-order valence-corrected chi connectivity index (χ3v) is 7.82. The number of hydrogen-bond donors (Lipinski definition) is 0. The van der Waals surface area contributed by atoms with Crippen molar-refractivity contribution in [3.05, 3.63) is 81.9 Å². The minimum Gasteiger partial charge on any atom is -0.488 e. The molecule has 0 N–H and O–H groups in total. The maximum atomic E-state index is 16.2. The Hall–Kier alpha value is -3.51. The Labute approximate surface area is 236 Å². The molecule has 3 aromatic carbocycles. The normalized spacial score (nSPS) is 22.6. The van der Waals surface area contributed by atoms with Gasteiger partial charge in [0.2, 0.25) is 0 Å². The van der Waals surface area contributed by atoms with E-state index in [1.165, 1.54) is 12.1 Å². The van der Waals surface area contributed by atoms with Gasteiger partial charge >= 0.3 is 0 Å². The standard InChI is InChI=1S/C31H28ClF2NO5/c1-18(39-25-10-6-7-13-37-25)16-38-23-12-11-20(15-35)27(30(23)34)28-26-19(2)31(17-36,21-8-4-3-5-9-21)40-24(26)14-22(33)29(28)32/h3-5,8-9,11-12,14,17-19,25H,6-7,10,13,16H2,1-2H3/t18-,19?,25-,31?/m0/s1. The predicted octanol–water partition coefficient (Wildman–Crippen LogP) is 7.06. The molecule has 2 aliphatic heterocycles. The summed E-state index contributed by atoms with van der Waals surface area (Å²) in [6.45, 7) is 4.15. The number of halogens is 3. The molecule has 3 aromatic rings. The lowest BCUT2D eigenvalue weighted by molar-refractivity contribution is -0.189. The average Bonchev–Trinajstić information content (AvgIpc) is 3.26. The van der Waals surface area contributed by atoms with Crippen LogP contribution >= 0.6 is 11.6 Å². The van der Waals surface area contributed by atoms with Crippen LogP contribution in [-0.2, 0) is 19.9 Å². The first kappa shape index (κ1) is 28.0. The zero-order valence-corrected chi connectivity index (χ0v) is 22.8. The fourth-order valence-electron chi connectivity index (χ4n) is 5.39. The molecule has 0 spiro atoms. The van der Waals surface area contributed by atoms with Crippen molar-refractivity contribution in [2.45, 2.75) is 57.0 Å². The molecule has 4 atom stereocenters. The number of hydrogen-bond acceptors (Lipinski definition) is 6. The highest BCUT2D eigenvalue weighted by Gasteiger charge is 2.50. The molecule has 0 aliphatic carbocycles. The van der Waals surface area contributed by atoms with Crippen LogP contribution in [-0.4, -0.2) is 31.9 Å². The van der Waals surface area contributed by atoms with E-state index in [-0.39, 0.29) is 46.1 Å². The van der Waals surface area contributed by atoms with Crippen molar-refractivity contribution in [3.8, 4) is 28.7 Å². The minimum atomic E-state index is -1.50. The molecule has 0 saturated carbocycles. The lowest BCUT2D eigenvalue weighted by Gasteiger charge is -2.28. The van der Waals surface area contributed by atoms with E-state index in [0.29, 0.717) is 24.0 Å². The molecule has 0 radical (unpaired) electrons. The van der Waals surface area contributed by atoms with Gasteiger partial charge in [-0.2, -0.15) is 5.26 Å². The van der Waals surface area contributed by atoms with Crippen molar-refractivity contribution in [1.29, 1.82) is 5.26 Å². The fraction of sp³-hybridized carbons (Fsp3) is 0.355. The number of rotatable bonds is 8. The van der Waals surface area contributed by atoms with Crippen molar-refractivity contribution in [2.75, 3.05) is 13.2 Å². The van der Waals surface area contributed by atoms with Crippen molar-refractivity contribution in [3.63, 3.8) is 0 Å². The predicted molar refractivity (Wildman–Crippen MR) is 144 cm³/mol. The number of carbonyl (C=O) groups is 1. The number of fused-ring (bicyclic) bond motifs is 1. The van der Waals surface area contributed by atoms with Gasteiger partial charge < -0.3 is 18.9 Å². The van der Waals surface area contributed by atoms with E-state index < -0.39 is 29.3 Å². The second kappa shape index (κ2) is 11.5. The van der Waals surface area contributed by atoms with Crippen LogP contribution in [0.5, 0.6) is 11.5 Å². The van der Waals surface area contributed by atoms with Crippen LogP contribution in [0.25, 0.3) is 11.1 Å². The number of ether oxygens (including phenoxy) is 4. The number of carbonyl (C=O) groups excluding carboxylic acids is 1. The Balaban J connectivity index is 1.55. The van der Waals surface area contributed by atoms with Crippen molar-refractivity contribution in [1.82, 2.24) is 0 Å². The summed E-state index contributed by atoms with van der Waals surface area (Å²) < 4.78 is 54.7. The lowest BCUT2D eigenvalue weighted by atomic mass is 9.78. The summed E-state index contributed by atoms with van der Waals surface area (Å²) in [5, 5.41) is 9.49. The van der Waals surface area contributed by atoms with Crippen LogP contribution in [0.4, 0.5) is 8.78 Å². The highest BCUT2D eigenvalue weighted by Crippen LogP contribution is 2.55. The van der Waals surface area contributed by atoms with Gasteiger partial charge in [-0.05, 0) is 38.3 Å². The summed E-state index contributed by atoms with van der Waals surface area (Å²) in [7, 11) is 0. The van der Waals surface area contributed by atoms with Crippen molar-refractivity contribution >= 4 is 17.9 Å². The van der Waals surface area contributed by atoms with Gasteiger partial charge in [0.15, 0.2) is 29.7 Å². The van der Waals surface area contributed by atoms with Gasteiger partial charge in [-0.15, -0.1) is 0 Å². The molecule has 1 saturated heterocycles. The molecule has 2 aliphatic rings. The molecule has 0 aromatic heterocycles. The summed E-state index contributed by atoms with van der Waals surface area (Å²) in [5.74, 6) is -2.56. The molecular weight excluding hydrogens is 540 g/mol. The molecule has 0 amide bonds. The summed E-state index contributed by atoms with van der Waals surface area (Å²) >= 11 is 6.48. The quantitative estimate of drug-likeness (QED) is 0.271. The smallest absolute Gasteiger partial charge is 0.195 e. The Morgan fingerprint density at radius 1 is 1.20 bits per heavy atom. The maximum absolute atomic E-state index is 16.2. The average molecular weight is 568 g/mol. The fourth-order valence-corrected chi connectivity index (χ4v) is 5.64. The first-order valence-corrected chi connectivity index (χ1v) is 13.5. The first-order valence-electron chi connectivity index (χ1n) is 13.2. The third kappa shape index (κ3) is 4.94. The van der Waals surface area contributed by atoms with Crippen LogP contribution in [0.15, 0.2) is 48.5 Å². The summed E-state index contributed by atoms with van der Waals surface area (Å²) in [6, 6.07) is 14.6. The Morgan fingerprint density at radius 3 is 2.65 bits per heavy atom. The van der Waals surface area contributed by atoms with Gasteiger partial charge in [-0.25, -0.2) is 8.78 Å². The molecule has 0 bridgehead atoms. The third-order valence-electron chi connectivity index (χ3n) is 7.45. The van der Waals surface area contributed by atoms with E-state index >= 15 is 8.78 Å². The molecule has 2 unspecified atom stereocenters. The zero-order chi connectivity index (χ0) is 28.4. The summed E-state index contributed by atoms with van der Waals surface area (Å²) in [4.78, 5) is 12.5. The van der Waals surface area contributed by atoms with E-state index in [9.17, 15) is 10.1 Å². The summed E-state index contributed by atoms with van der Waals surface area (Å²) in [6.07, 6.45) is 2.67. The molecule has 5 rings (SSSR count). The molecular formula is C31H28ClF2NO5. The lowest BCUT2D eigenvalue weighted by Crippen LogP contribution is -2.35. The number of aldehydes is 1. The van der Waals surface area contributed by atoms with E-state index in [2.05, 4.69) is 0 Å². The number of nitriles is 1. The van der Waals surface area contributed by atoms with E-state index in [1.807, 2.05) is 6.07 Å². The maximum Gasteiger partial charge on any atom is 0.195 e. The van der Waals surface area contributed by atoms with Crippen LogP contribution in [0.1, 0.15) is 55.7 Å². The molecule has 2 heterocycles. The SMILES string of the molecule is CC1c2c(cc(F)c(Cl)c2-c2c(C#N)ccc(OC[C@H](C)O[C@H]3CCCCO3)c2F)OC1(C=O)c1ccccc1. The van der Waals surface area contributed by atoms with Gasteiger partial charge in [0.1, 0.15) is 18.2 Å². The molecule has 1 fully saturated rings. The van der Waals surface area contributed by atoms with Crippen LogP contribution < -0.4 is 9.47 Å². The molecule has 40 heavy (non-hydrogen) atoms. The molecule has 9 heteroatoms. The van der Waals surface area contributed by atoms with E-state index in [0.717, 1.165) is 25.3 Å². The molecule has 208 valence electrons. The van der Waals surface area contributed by atoms with Crippen LogP contribution in [0.3, 0.4) is 0 Å². The van der Waals surface area contributed by atoms with Gasteiger partial charge in [-0.1, -0.05) is 48.9 Å². The van der Waals surface area contributed by atoms with E-state index in [1.54, 1.807) is 44.2 Å². The largest absolute Gasteiger partial charge is 0.488 e. The van der Waals surface area contributed by atoms with Crippen LogP contribution in [0.2, 0.25) is 5.02 Å². The topological polar surface area (TPSA) is 77.8 Å². The van der Waals surface area contributed by atoms with Gasteiger partial charge in [-0.3, -0.25) is 4.79 Å². The molecule has 6 nitrogen and oxygen atoms in total.